The number of hydrogen-bond acceptors (Lipinski definition) is 3. The van der Waals surface area contributed by atoms with Crippen LogP contribution in [0.15, 0.2) is 18.2 Å². The van der Waals surface area contributed by atoms with Crippen LogP contribution in [0.4, 0.5) is 11.4 Å². The lowest BCUT2D eigenvalue weighted by Crippen LogP contribution is -2.22. The van der Waals surface area contributed by atoms with Crippen LogP contribution in [0.3, 0.4) is 0 Å². The Kier molecular flexibility index (Phi) is 4.27. The van der Waals surface area contributed by atoms with Crippen molar-refractivity contribution in [2.75, 3.05) is 23.7 Å². The van der Waals surface area contributed by atoms with Crippen LogP contribution in [0, 0.1) is 0 Å². The maximum Gasteiger partial charge on any atom is 0.235 e. The van der Waals surface area contributed by atoms with E-state index >= 15 is 0 Å². The minimum Gasteiger partial charge on any atom is -0.376 e. The van der Waals surface area contributed by atoms with E-state index in [2.05, 4.69) is 4.72 Å². The van der Waals surface area contributed by atoms with Gasteiger partial charge in [-0.25, -0.2) is 8.42 Å². The smallest absolute Gasteiger partial charge is 0.235 e. The van der Waals surface area contributed by atoms with Crippen LogP contribution in [0.25, 0.3) is 0 Å². The minimum atomic E-state index is -3.32. The molecule has 0 atom stereocenters. The molecule has 0 heterocycles. The summed E-state index contributed by atoms with van der Waals surface area (Å²) in [4.78, 5) is 1.86. The Morgan fingerprint density at radius 2 is 1.88 bits per heavy atom. The molecule has 17 heavy (non-hydrogen) atoms. The number of nitrogens with one attached hydrogen (secondary N) is 1. The van der Waals surface area contributed by atoms with Crippen LogP contribution in [-0.4, -0.2) is 27.8 Å². The number of benzene rings is 1. The molecule has 0 bridgehead atoms. The van der Waals surface area contributed by atoms with Crippen molar-refractivity contribution in [1.29, 1.82) is 0 Å². The first-order valence-electron chi connectivity index (χ1n) is 5.22. The summed E-state index contributed by atoms with van der Waals surface area (Å²) in [5.74, 6) is 0. The van der Waals surface area contributed by atoms with Gasteiger partial charge in [-0.1, -0.05) is 11.6 Å². The third-order valence-electron chi connectivity index (χ3n) is 2.31. The molecule has 0 aliphatic heterocycles. The average molecular weight is 277 g/mol. The second-order valence-corrected chi connectivity index (χ2v) is 6.90. The van der Waals surface area contributed by atoms with E-state index in [0.717, 1.165) is 5.69 Å². The first kappa shape index (κ1) is 14.1. The van der Waals surface area contributed by atoms with E-state index in [-0.39, 0.29) is 0 Å². The summed E-state index contributed by atoms with van der Waals surface area (Å²) in [6, 6.07) is 5.08. The van der Waals surface area contributed by atoms with E-state index in [0.29, 0.717) is 10.7 Å². The van der Waals surface area contributed by atoms with Crippen LogP contribution in [0.5, 0.6) is 0 Å². The van der Waals surface area contributed by atoms with Crippen LogP contribution < -0.4 is 9.62 Å². The van der Waals surface area contributed by atoms with Crippen LogP contribution in [-0.2, 0) is 10.0 Å². The van der Waals surface area contributed by atoms with E-state index in [1.807, 2.05) is 19.0 Å². The van der Waals surface area contributed by atoms with Gasteiger partial charge in [0.15, 0.2) is 0 Å². The predicted molar refractivity (Wildman–Crippen MR) is 73.5 cm³/mol. The molecule has 0 fully saturated rings. The maximum atomic E-state index is 11.7. The molecular formula is C11H17ClN2O2S. The monoisotopic (exact) mass is 276 g/mol. The van der Waals surface area contributed by atoms with Gasteiger partial charge in [-0.05, 0) is 32.0 Å². The van der Waals surface area contributed by atoms with Gasteiger partial charge in [0.25, 0.3) is 0 Å². The minimum absolute atomic E-state index is 0.477. The third kappa shape index (κ3) is 3.51. The molecule has 0 aliphatic carbocycles. The Morgan fingerprint density at radius 3 is 2.29 bits per heavy atom. The number of anilines is 2. The molecule has 0 radical (unpaired) electrons. The quantitative estimate of drug-likeness (QED) is 0.919. The number of halogens is 1. The maximum absolute atomic E-state index is 11.7. The normalized spacial score (nSPS) is 11.6. The number of sulfonamides is 1. The highest BCUT2D eigenvalue weighted by molar-refractivity contribution is 7.93. The predicted octanol–water partition coefficient (Wildman–Crippen LogP) is 2.56. The topological polar surface area (TPSA) is 49.4 Å². The number of rotatable bonds is 4. The molecule has 6 heteroatoms. The Morgan fingerprint density at radius 1 is 1.29 bits per heavy atom. The van der Waals surface area contributed by atoms with Gasteiger partial charge in [-0.3, -0.25) is 4.72 Å². The molecule has 0 aliphatic rings. The Labute approximate surface area is 108 Å². The fourth-order valence-electron chi connectivity index (χ4n) is 1.22. The molecule has 0 saturated carbocycles. The highest BCUT2D eigenvalue weighted by Crippen LogP contribution is 2.28. The molecule has 0 spiro atoms. The van der Waals surface area contributed by atoms with Crippen molar-refractivity contribution in [3.05, 3.63) is 23.2 Å². The molecule has 4 nitrogen and oxygen atoms in total. The SMILES string of the molecule is CC(C)S(=O)(=O)Nc1ccc(N(C)C)c(Cl)c1. The molecule has 1 N–H and O–H groups in total. The summed E-state index contributed by atoms with van der Waals surface area (Å²) in [7, 11) is 0.425. The van der Waals surface area contributed by atoms with Crippen LogP contribution in [0.1, 0.15) is 13.8 Å². The van der Waals surface area contributed by atoms with Crippen molar-refractivity contribution < 1.29 is 8.42 Å². The highest BCUT2D eigenvalue weighted by atomic mass is 35.5. The summed E-state index contributed by atoms with van der Waals surface area (Å²) < 4.78 is 25.8. The van der Waals surface area contributed by atoms with E-state index in [1.54, 1.807) is 32.0 Å². The number of hydrogen-bond donors (Lipinski definition) is 1. The first-order valence-corrected chi connectivity index (χ1v) is 7.15. The summed E-state index contributed by atoms with van der Waals surface area (Å²) in [5, 5.41) is 0.0359. The highest BCUT2D eigenvalue weighted by Gasteiger charge is 2.16. The zero-order chi connectivity index (χ0) is 13.2. The van der Waals surface area contributed by atoms with Gasteiger partial charge in [-0.2, -0.15) is 0 Å². The van der Waals surface area contributed by atoms with Crippen molar-refractivity contribution in [2.45, 2.75) is 19.1 Å². The lowest BCUT2D eigenvalue weighted by molar-refractivity contribution is 0.593. The van der Waals surface area contributed by atoms with E-state index in [1.165, 1.54) is 0 Å². The lowest BCUT2D eigenvalue weighted by Gasteiger charge is -2.16. The van der Waals surface area contributed by atoms with Gasteiger partial charge in [0, 0.05) is 14.1 Å². The van der Waals surface area contributed by atoms with E-state index in [9.17, 15) is 8.42 Å². The van der Waals surface area contributed by atoms with Crippen molar-refractivity contribution in [3.63, 3.8) is 0 Å². The molecule has 1 rings (SSSR count). The molecule has 0 aromatic heterocycles. The second kappa shape index (κ2) is 5.14. The Balaban J connectivity index is 3.00. The lowest BCUT2D eigenvalue weighted by atomic mass is 10.3. The summed E-state index contributed by atoms with van der Waals surface area (Å²) in [6.07, 6.45) is 0. The van der Waals surface area contributed by atoms with Crippen molar-refractivity contribution in [2.24, 2.45) is 0 Å². The zero-order valence-corrected chi connectivity index (χ0v) is 11.9. The van der Waals surface area contributed by atoms with E-state index < -0.39 is 15.3 Å². The molecule has 0 saturated heterocycles. The van der Waals surface area contributed by atoms with Crippen molar-refractivity contribution in [3.8, 4) is 0 Å². The van der Waals surface area contributed by atoms with E-state index in [4.69, 9.17) is 11.6 Å². The summed E-state index contributed by atoms with van der Waals surface area (Å²) >= 11 is 6.06. The average Bonchev–Trinajstić information content (AvgIpc) is 2.15. The molecule has 96 valence electrons. The second-order valence-electron chi connectivity index (χ2n) is 4.26. The van der Waals surface area contributed by atoms with Crippen LogP contribution >= 0.6 is 11.6 Å². The zero-order valence-electron chi connectivity index (χ0n) is 10.4. The fourth-order valence-corrected chi connectivity index (χ4v) is 2.26. The molecule has 1 aromatic rings. The summed E-state index contributed by atoms with van der Waals surface area (Å²) in [6.45, 7) is 3.25. The number of nitrogens with zero attached hydrogens (tertiary/aromatic N) is 1. The first-order chi connectivity index (χ1) is 7.74. The van der Waals surface area contributed by atoms with Gasteiger partial charge in [0.2, 0.25) is 10.0 Å². The Bertz CT molecular complexity index is 498. The third-order valence-corrected chi connectivity index (χ3v) is 4.37. The van der Waals surface area contributed by atoms with Gasteiger partial charge in [-0.15, -0.1) is 0 Å². The molecule has 1 aromatic carbocycles. The van der Waals surface area contributed by atoms with Gasteiger partial charge in [0.05, 0.1) is 21.6 Å². The van der Waals surface area contributed by atoms with Gasteiger partial charge >= 0.3 is 0 Å². The Hall–Kier alpha value is -0.940. The molecule has 0 amide bonds. The fraction of sp³-hybridized carbons (Fsp3) is 0.455. The molecule has 0 unspecified atom stereocenters. The van der Waals surface area contributed by atoms with Gasteiger partial charge < -0.3 is 4.90 Å². The summed E-state index contributed by atoms with van der Waals surface area (Å²) in [5.41, 5.74) is 1.33. The largest absolute Gasteiger partial charge is 0.376 e. The standard InChI is InChI=1S/C11H17ClN2O2S/c1-8(2)17(15,16)13-9-5-6-11(14(3)4)10(12)7-9/h5-8,13H,1-4H3. The van der Waals surface area contributed by atoms with Gasteiger partial charge in [0.1, 0.15) is 0 Å². The van der Waals surface area contributed by atoms with Crippen LogP contribution in [0.2, 0.25) is 5.02 Å². The van der Waals surface area contributed by atoms with Crippen molar-refractivity contribution >= 4 is 33.0 Å². The molecular weight excluding hydrogens is 260 g/mol. The van der Waals surface area contributed by atoms with Crippen molar-refractivity contribution in [1.82, 2.24) is 0 Å².